The molecule has 0 fully saturated rings. The Balaban J connectivity index is 2.84. The highest BCUT2D eigenvalue weighted by atomic mass is 79.9. The molecule has 0 bridgehead atoms. The highest BCUT2D eigenvalue weighted by Crippen LogP contribution is 2.32. The lowest BCUT2D eigenvalue weighted by molar-refractivity contribution is 0.570. The van der Waals surface area contributed by atoms with Crippen LogP contribution in [0.25, 0.3) is 0 Å². The van der Waals surface area contributed by atoms with Crippen molar-refractivity contribution in [1.29, 1.82) is 0 Å². The van der Waals surface area contributed by atoms with Gasteiger partial charge in [-0.1, -0.05) is 13.8 Å². The number of hydrogen-bond acceptors (Lipinski definition) is 5. The topological polar surface area (TPSA) is 58.2 Å². The zero-order valence-electron chi connectivity index (χ0n) is 13.0. The number of rotatable bonds is 8. The van der Waals surface area contributed by atoms with E-state index in [1.165, 1.54) is 11.3 Å². The maximum absolute atomic E-state index is 12.4. The van der Waals surface area contributed by atoms with Crippen LogP contribution in [-0.2, 0) is 16.6 Å². The van der Waals surface area contributed by atoms with Gasteiger partial charge in [-0.05, 0) is 42.1 Å². The molecule has 21 heavy (non-hydrogen) atoms. The lowest BCUT2D eigenvalue weighted by atomic mass is 10.2. The van der Waals surface area contributed by atoms with Crippen LogP contribution in [0.4, 0.5) is 0 Å². The summed E-state index contributed by atoms with van der Waals surface area (Å²) in [5, 5.41) is 3.29. The molecule has 0 aromatic carbocycles. The molecule has 0 aliphatic heterocycles. The highest BCUT2D eigenvalue weighted by molar-refractivity contribution is 9.11. The molecule has 0 radical (unpaired) electrons. The normalized spacial score (nSPS) is 13.1. The molecule has 8 heteroatoms. The fraction of sp³-hybridized carbons (Fsp3) is 0.692. The Morgan fingerprint density at radius 3 is 2.57 bits per heavy atom. The first-order valence-electron chi connectivity index (χ1n) is 6.64. The smallest absolute Gasteiger partial charge is 0.242 e. The summed E-state index contributed by atoms with van der Waals surface area (Å²) < 4.78 is 28.0. The molecule has 1 rings (SSSR count). The summed E-state index contributed by atoms with van der Waals surface area (Å²) in [6.45, 7) is 9.23. The van der Waals surface area contributed by atoms with Gasteiger partial charge in [0.05, 0.1) is 3.79 Å². The largest absolute Gasteiger partial charge is 0.310 e. The van der Waals surface area contributed by atoms with E-state index in [-0.39, 0.29) is 4.75 Å². The van der Waals surface area contributed by atoms with Crippen LogP contribution in [0.2, 0.25) is 0 Å². The van der Waals surface area contributed by atoms with Crippen molar-refractivity contribution in [1.82, 2.24) is 10.0 Å². The second kappa shape index (κ2) is 7.79. The molecular weight excluding hydrogens is 392 g/mol. The SMILES string of the molecule is CSC(C)(C)CNS(=O)(=O)c1cc(CNC(C)C)sc1Br. The molecule has 0 amide bonds. The van der Waals surface area contributed by atoms with Crippen LogP contribution in [0.1, 0.15) is 32.6 Å². The van der Waals surface area contributed by atoms with Gasteiger partial charge in [-0.3, -0.25) is 0 Å². The number of thioether (sulfide) groups is 1. The Hall–Kier alpha value is 0.400. The van der Waals surface area contributed by atoms with E-state index in [0.29, 0.717) is 27.8 Å². The maximum Gasteiger partial charge on any atom is 0.242 e. The van der Waals surface area contributed by atoms with Crippen LogP contribution in [0.3, 0.4) is 0 Å². The fourth-order valence-electron chi connectivity index (χ4n) is 1.39. The first-order chi connectivity index (χ1) is 9.57. The molecule has 0 saturated carbocycles. The molecule has 4 nitrogen and oxygen atoms in total. The van der Waals surface area contributed by atoms with E-state index in [0.717, 1.165) is 4.88 Å². The predicted molar refractivity (Wildman–Crippen MR) is 96.8 cm³/mol. The molecule has 1 aromatic heterocycles. The summed E-state index contributed by atoms with van der Waals surface area (Å²) in [6.07, 6.45) is 1.98. The molecule has 0 saturated heterocycles. The number of nitrogens with one attached hydrogen (secondary N) is 2. The predicted octanol–water partition coefficient (Wildman–Crippen LogP) is 3.43. The first-order valence-corrected chi connectivity index (χ1v) is 11.0. The van der Waals surface area contributed by atoms with Crippen LogP contribution in [0.5, 0.6) is 0 Å². The fourth-order valence-corrected chi connectivity index (χ4v) is 5.54. The lowest BCUT2D eigenvalue weighted by Gasteiger charge is -2.22. The van der Waals surface area contributed by atoms with Crippen LogP contribution >= 0.6 is 39.0 Å². The zero-order valence-corrected chi connectivity index (χ0v) is 17.0. The molecule has 122 valence electrons. The van der Waals surface area contributed by atoms with E-state index < -0.39 is 10.0 Å². The summed E-state index contributed by atoms with van der Waals surface area (Å²) in [5.74, 6) is 0. The third kappa shape index (κ3) is 6.19. The highest BCUT2D eigenvalue weighted by Gasteiger charge is 2.24. The average molecular weight is 415 g/mol. The average Bonchev–Trinajstić information content (AvgIpc) is 2.76. The van der Waals surface area contributed by atoms with E-state index in [4.69, 9.17) is 0 Å². The van der Waals surface area contributed by atoms with Gasteiger partial charge >= 0.3 is 0 Å². The van der Waals surface area contributed by atoms with E-state index in [1.807, 2.05) is 20.1 Å². The van der Waals surface area contributed by atoms with Crippen molar-refractivity contribution in [2.45, 2.75) is 49.9 Å². The van der Waals surface area contributed by atoms with Crippen molar-refractivity contribution in [2.24, 2.45) is 0 Å². The van der Waals surface area contributed by atoms with Gasteiger partial charge in [0.1, 0.15) is 4.90 Å². The molecular formula is C13H23BrN2O2S3. The minimum Gasteiger partial charge on any atom is -0.310 e. The molecule has 0 aliphatic rings. The first kappa shape index (κ1) is 19.4. The van der Waals surface area contributed by atoms with Crippen molar-refractivity contribution in [2.75, 3.05) is 12.8 Å². The Morgan fingerprint density at radius 2 is 2.05 bits per heavy atom. The van der Waals surface area contributed by atoms with E-state index in [2.05, 4.69) is 39.8 Å². The van der Waals surface area contributed by atoms with Crippen LogP contribution in [0.15, 0.2) is 14.7 Å². The van der Waals surface area contributed by atoms with Gasteiger partial charge in [0.2, 0.25) is 10.0 Å². The van der Waals surface area contributed by atoms with Crippen molar-refractivity contribution >= 4 is 49.1 Å². The van der Waals surface area contributed by atoms with Crippen LogP contribution in [-0.4, -0.2) is 32.0 Å². The van der Waals surface area contributed by atoms with Crippen molar-refractivity contribution in [3.05, 3.63) is 14.7 Å². The summed E-state index contributed by atoms with van der Waals surface area (Å²) in [4.78, 5) is 1.32. The Kier molecular flexibility index (Phi) is 7.21. The third-order valence-corrected chi connectivity index (χ3v) is 7.82. The van der Waals surface area contributed by atoms with Gasteiger partial charge in [-0.25, -0.2) is 13.1 Å². The monoisotopic (exact) mass is 414 g/mol. The third-order valence-electron chi connectivity index (χ3n) is 2.92. The number of thiophene rings is 1. The minimum absolute atomic E-state index is 0.127. The van der Waals surface area contributed by atoms with Gasteiger partial charge in [-0.15, -0.1) is 11.3 Å². The molecule has 0 aliphatic carbocycles. The standard InChI is InChI=1S/C13H23BrN2O2S3/c1-9(2)15-7-10-6-11(12(14)20-10)21(17,18)16-8-13(3,4)19-5/h6,9,15-16H,7-8H2,1-5H3. The summed E-state index contributed by atoms with van der Waals surface area (Å²) in [5.41, 5.74) is 0. The quantitative estimate of drug-likeness (QED) is 0.683. The number of halogens is 1. The lowest BCUT2D eigenvalue weighted by Crippen LogP contribution is -2.36. The van der Waals surface area contributed by atoms with Gasteiger partial charge in [0, 0.05) is 28.8 Å². The van der Waals surface area contributed by atoms with Gasteiger partial charge in [0.15, 0.2) is 0 Å². The van der Waals surface area contributed by atoms with Gasteiger partial charge in [0.25, 0.3) is 0 Å². The van der Waals surface area contributed by atoms with E-state index in [9.17, 15) is 8.42 Å². The Bertz CT molecular complexity index is 568. The second-order valence-electron chi connectivity index (χ2n) is 5.67. The molecule has 1 heterocycles. The van der Waals surface area contributed by atoms with Crippen LogP contribution < -0.4 is 10.0 Å². The maximum atomic E-state index is 12.4. The van der Waals surface area contributed by atoms with Gasteiger partial charge < -0.3 is 5.32 Å². The Labute approximate surface area is 144 Å². The molecule has 0 atom stereocenters. The van der Waals surface area contributed by atoms with Crippen molar-refractivity contribution < 1.29 is 8.42 Å². The summed E-state index contributed by atoms with van der Waals surface area (Å²) in [7, 11) is -3.48. The van der Waals surface area contributed by atoms with E-state index in [1.54, 1.807) is 17.8 Å². The molecule has 0 unspecified atom stereocenters. The number of sulfonamides is 1. The molecule has 1 aromatic rings. The van der Waals surface area contributed by atoms with Gasteiger partial charge in [-0.2, -0.15) is 11.8 Å². The van der Waals surface area contributed by atoms with Crippen LogP contribution in [0, 0.1) is 0 Å². The Morgan fingerprint density at radius 1 is 1.43 bits per heavy atom. The zero-order chi connectivity index (χ0) is 16.3. The number of hydrogen-bond donors (Lipinski definition) is 2. The van der Waals surface area contributed by atoms with Crippen molar-refractivity contribution in [3.63, 3.8) is 0 Å². The van der Waals surface area contributed by atoms with Crippen molar-refractivity contribution in [3.8, 4) is 0 Å². The van der Waals surface area contributed by atoms with E-state index >= 15 is 0 Å². The molecule has 0 spiro atoms. The molecule has 2 N–H and O–H groups in total. The minimum atomic E-state index is -3.48. The summed E-state index contributed by atoms with van der Waals surface area (Å²) >= 11 is 6.45. The second-order valence-corrected chi connectivity index (χ2v) is 11.4. The summed E-state index contributed by atoms with van der Waals surface area (Å²) in [6, 6.07) is 2.10.